The fourth-order valence-electron chi connectivity index (χ4n) is 2.22. The van der Waals surface area contributed by atoms with Gasteiger partial charge in [0, 0.05) is 5.56 Å². The second kappa shape index (κ2) is 8.87. The number of hydrogen-bond donors (Lipinski definition) is 0. The highest BCUT2D eigenvalue weighted by Crippen LogP contribution is 2.15. The molecule has 0 N–H and O–H groups in total. The summed E-state index contributed by atoms with van der Waals surface area (Å²) in [6.45, 7) is 6.21. The Morgan fingerprint density at radius 3 is 2.37 bits per heavy atom. The van der Waals surface area contributed by atoms with E-state index in [1.807, 2.05) is 37.3 Å². The highest BCUT2D eigenvalue weighted by Gasteiger charge is 2.19. The summed E-state index contributed by atoms with van der Waals surface area (Å²) < 4.78 is 5.96. The Morgan fingerprint density at radius 2 is 1.79 bits per heavy atom. The van der Waals surface area contributed by atoms with E-state index in [0.717, 1.165) is 31.2 Å². The second-order valence-corrected chi connectivity index (χ2v) is 5.06. The van der Waals surface area contributed by atoms with Crippen LogP contribution in [0.5, 0.6) is 0 Å². The Kier molecular flexibility index (Phi) is 7.42. The molecule has 1 rings (SSSR count). The van der Waals surface area contributed by atoms with Gasteiger partial charge in [0.15, 0.2) is 5.78 Å². The van der Waals surface area contributed by atoms with Gasteiger partial charge in [-0.15, -0.1) is 0 Å². The second-order valence-electron chi connectivity index (χ2n) is 5.06. The van der Waals surface area contributed by atoms with Crippen LogP contribution in [0, 0.1) is 0 Å². The lowest BCUT2D eigenvalue weighted by atomic mass is 10.1. The number of ether oxygens (including phenoxy) is 1. The van der Waals surface area contributed by atoms with E-state index in [9.17, 15) is 4.79 Å². The van der Waals surface area contributed by atoms with Crippen molar-refractivity contribution in [3.05, 3.63) is 35.9 Å². The molecule has 0 fully saturated rings. The maximum absolute atomic E-state index is 12.2. The molecule has 2 heteroatoms. The largest absolute Gasteiger partial charge is 0.367 e. The van der Waals surface area contributed by atoms with Crippen molar-refractivity contribution in [2.45, 2.75) is 65.1 Å². The molecule has 106 valence electrons. The van der Waals surface area contributed by atoms with E-state index in [2.05, 4.69) is 13.8 Å². The molecular weight excluding hydrogens is 236 g/mol. The zero-order chi connectivity index (χ0) is 14.1. The van der Waals surface area contributed by atoms with Crippen LogP contribution in [-0.2, 0) is 4.74 Å². The molecule has 0 amide bonds. The van der Waals surface area contributed by atoms with Crippen LogP contribution in [0.25, 0.3) is 0 Å². The van der Waals surface area contributed by atoms with Gasteiger partial charge < -0.3 is 4.74 Å². The van der Waals surface area contributed by atoms with Crippen molar-refractivity contribution in [1.29, 1.82) is 0 Å². The molecule has 2 atom stereocenters. The molecule has 2 unspecified atom stereocenters. The topological polar surface area (TPSA) is 26.3 Å². The van der Waals surface area contributed by atoms with Gasteiger partial charge in [-0.2, -0.15) is 0 Å². The molecule has 19 heavy (non-hydrogen) atoms. The number of carbonyl (C=O) groups is 1. The zero-order valence-corrected chi connectivity index (χ0v) is 12.4. The third kappa shape index (κ3) is 5.56. The van der Waals surface area contributed by atoms with E-state index in [-0.39, 0.29) is 18.0 Å². The van der Waals surface area contributed by atoms with Crippen LogP contribution >= 0.6 is 0 Å². The first kappa shape index (κ1) is 15.9. The minimum Gasteiger partial charge on any atom is -0.367 e. The molecule has 0 radical (unpaired) electrons. The van der Waals surface area contributed by atoms with Crippen LogP contribution in [-0.4, -0.2) is 18.0 Å². The van der Waals surface area contributed by atoms with Gasteiger partial charge in [0.2, 0.25) is 0 Å². The van der Waals surface area contributed by atoms with Gasteiger partial charge in [0.1, 0.15) is 6.10 Å². The Balaban J connectivity index is 2.55. The fraction of sp³-hybridized carbons (Fsp3) is 0.588. The van der Waals surface area contributed by atoms with E-state index in [0.29, 0.717) is 0 Å². The number of Topliss-reactive ketones (excluding diaryl/α,β-unsaturated/α-hetero) is 1. The monoisotopic (exact) mass is 262 g/mol. The standard InChI is InChI=1S/C17H26O2/c1-4-6-13-16(10-5-2)19-14(3)17(18)15-11-8-7-9-12-15/h7-9,11-12,14,16H,4-6,10,13H2,1-3H3. The van der Waals surface area contributed by atoms with Crippen molar-refractivity contribution in [2.24, 2.45) is 0 Å². The minimum atomic E-state index is -0.351. The Hall–Kier alpha value is -1.15. The predicted molar refractivity (Wildman–Crippen MR) is 79.5 cm³/mol. The zero-order valence-electron chi connectivity index (χ0n) is 12.4. The normalized spacial score (nSPS) is 14.1. The van der Waals surface area contributed by atoms with E-state index >= 15 is 0 Å². The van der Waals surface area contributed by atoms with Crippen LogP contribution in [0.15, 0.2) is 30.3 Å². The van der Waals surface area contributed by atoms with Gasteiger partial charge in [-0.1, -0.05) is 63.4 Å². The Labute approximate surface area is 117 Å². The van der Waals surface area contributed by atoms with E-state index in [1.165, 1.54) is 6.42 Å². The van der Waals surface area contributed by atoms with Gasteiger partial charge >= 0.3 is 0 Å². The van der Waals surface area contributed by atoms with E-state index < -0.39 is 0 Å². The summed E-state index contributed by atoms with van der Waals surface area (Å²) in [5, 5.41) is 0. The highest BCUT2D eigenvalue weighted by atomic mass is 16.5. The highest BCUT2D eigenvalue weighted by molar-refractivity contribution is 5.99. The summed E-state index contributed by atoms with van der Waals surface area (Å²) in [7, 11) is 0. The molecule has 0 aliphatic heterocycles. The number of benzene rings is 1. The lowest BCUT2D eigenvalue weighted by Gasteiger charge is -2.21. The molecule has 0 saturated heterocycles. The smallest absolute Gasteiger partial charge is 0.191 e. The summed E-state index contributed by atoms with van der Waals surface area (Å²) in [5.41, 5.74) is 0.737. The van der Waals surface area contributed by atoms with Crippen molar-refractivity contribution in [3.63, 3.8) is 0 Å². The van der Waals surface area contributed by atoms with E-state index in [1.54, 1.807) is 0 Å². The third-order valence-corrected chi connectivity index (χ3v) is 3.31. The molecule has 2 nitrogen and oxygen atoms in total. The van der Waals surface area contributed by atoms with E-state index in [4.69, 9.17) is 4.74 Å². The molecule has 1 aromatic carbocycles. The lowest BCUT2D eigenvalue weighted by Crippen LogP contribution is -2.27. The third-order valence-electron chi connectivity index (χ3n) is 3.31. The molecule has 0 aliphatic carbocycles. The maximum Gasteiger partial charge on any atom is 0.191 e. The van der Waals surface area contributed by atoms with Crippen LogP contribution in [0.1, 0.15) is 63.2 Å². The van der Waals surface area contributed by atoms with Crippen LogP contribution in [0.3, 0.4) is 0 Å². The molecule has 0 heterocycles. The summed E-state index contributed by atoms with van der Waals surface area (Å²) >= 11 is 0. The van der Waals surface area contributed by atoms with Gasteiger partial charge in [-0.05, 0) is 19.8 Å². The molecule has 1 aromatic rings. The number of rotatable bonds is 9. The molecule has 0 spiro atoms. The average molecular weight is 262 g/mol. The summed E-state index contributed by atoms with van der Waals surface area (Å²) in [5.74, 6) is 0.0817. The first-order valence-electron chi connectivity index (χ1n) is 7.43. The van der Waals surface area contributed by atoms with Crippen LogP contribution < -0.4 is 0 Å². The average Bonchev–Trinajstić information content (AvgIpc) is 2.45. The Morgan fingerprint density at radius 1 is 1.11 bits per heavy atom. The Bertz CT molecular complexity index is 359. The molecule has 0 aliphatic rings. The summed E-state index contributed by atoms with van der Waals surface area (Å²) in [6.07, 6.45) is 5.38. The van der Waals surface area contributed by atoms with Crippen molar-refractivity contribution in [3.8, 4) is 0 Å². The van der Waals surface area contributed by atoms with Gasteiger partial charge in [0.05, 0.1) is 6.10 Å². The van der Waals surface area contributed by atoms with Crippen molar-refractivity contribution >= 4 is 5.78 Å². The van der Waals surface area contributed by atoms with Gasteiger partial charge in [-0.25, -0.2) is 0 Å². The van der Waals surface area contributed by atoms with Crippen LogP contribution in [0.4, 0.5) is 0 Å². The molecular formula is C17H26O2. The van der Waals surface area contributed by atoms with Crippen LogP contribution in [0.2, 0.25) is 0 Å². The molecule has 0 aromatic heterocycles. The maximum atomic E-state index is 12.2. The van der Waals surface area contributed by atoms with Crippen molar-refractivity contribution in [1.82, 2.24) is 0 Å². The molecule has 0 saturated carbocycles. The summed E-state index contributed by atoms with van der Waals surface area (Å²) in [4.78, 5) is 12.2. The minimum absolute atomic E-state index is 0.0817. The van der Waals surface area contributed by atoms with Gasteiger partial charge in [0.25, 0.3) is 0 Å². The number of ketones is 1. The van der Waals surface area contributed by atoms with Gasteiger partial charge in [-0.3, -0.25) is 4.79 Å². The molecule has 0 bridgehead atoms. The lowest BCUT2D eigenvalue weighted by molar-refractivity contribution is -0.00394. The number of unbranched alkanes of at least 4 members (excludes halogenated alkanes) is 1. The first-order valence-corrected chi connectivity index (χ1v) is 7.43. The summed E-state index contributed by atoms with van der Waals surface area (Å²) in [6, 6.07) is 9.40. The fourth-order valence-corrected chi connectivity index (χ4v) is 2.22. The van der Waals surface area contributed by atoms with Crippen molar-refractivity contribution < 1.29 is 9.53 Å². The number of carbonyl (C=O) groups excluding carboxylic acids is 1. The first-order chi connectivity index (χ1) is 9.19. The van der Waals surface area contributed by atoms with Crippen molar-refractivity contribution in [2.75, 3.05) is 0 Å². The predicted octanol–water partition coefficient (Wildman–Crippen LogP) is 4.63. The quantitative estimate of drug-likeness (QED) is 0.606. The SMILES string of the molecule is CCCCC(CCC)OC(C)C(=O)c1ccccc1. The number of hydrogen-bond acceptors (Lipinski definition) is 2.